The number of alkyl halides is 3. The van der Waals surface area contributed by atoms with Crippen LogP contribution in [0, 0.1) is 27.7 Å². The minimum absolute atomic E-state index is 0.0551. The first-order valence-electron chi connectivity index (χ1n) is 9.00. The highest BCUT2D eigenvalue weighted by atomic mass is 19.4. The molecule has 3 heterocycles. The molecule has 2 amide bonds. The number of nitrogens with zero attached hydrogens (tertiary/aromatic N) is 4. The van der Waals surface area contributed by atoms with Crippen molar-refractivity contribution < 1.29 is 18.0 Å². The van der Waals surface area contributed by atoms with Crippen molar-refractivity contribution >= 4 is 11.7 Å². The van der Waals surface area contributed by atoms with E-state index in [4.69, 9.17) is 0 Å². The SMILES string of the molecule is Cc1cc(NC(=O)NCc2cc(C)c(-c3c(C(F)(F)F)n[nH]c3C)nn2)cc(C)n1. The summed E-state index contributed by atoms with van der Waals surface area (Å²) < 4.78 is 39.6. The van der Waals surface area contributed by atoms with E-state index in [1.54, 1.807) is 25.1 Å². The third-order valence-electron chi connectivity index (χ3n) is 4.26. The number of aromatic amines is 1. The molecule has 3 N–H and O–H groups in total. The number of carbonyl (C=O) groups excluding carboxylic acids is 1. The molecular weight excluding hydrogens is 399 g/mol. The number of aromatic nitrogens is 5. The summed E-state index contributed by atoms with van der Waals surface area (Å²) in [6, 6.07) is 4.59. The lowest BCUT2D eigenvalue weighted by molar-refractivity contribution is -0.140. The summed E-state index contributed by atoms with van der Waals surface area (Å²) in [6.07, 6.45) is -4.61. The van der Waals surface area contributed by atoms with Gasteiger partial charge in [-0.3, -0.25) is 10.1 Å². The number of halogens is 3. The Hall–Kier alpha value is -3.50. The Balaban J connectivity index is 1.72. The number of urea groups is 1. The predicted octanol–water partition coefficient (Wildman–Crippen LogP) is 3.84. The summed E-state index contributed by atoms with van der Waals surface area (Å²) in [5.41, 5.74) is 2.20. The zero-order chi connectivity index (χ0) is 22.1. The quantitative estimate of drug-likeness (QED) is 0.596. The Morgan fingerprint density at radius 2 is 1.73 bits per heavy atom. The molecule has 30 heavy (non-hydrogen) atoms. The van der Waals surface area contributed by atoms with Gasteiger partial charge in [0.1, 0.15) is 0 Å². The maximum Gasteiger partial charge on any atom is 0.435 e. The highest BCUT2D eigenvalue weighted by Gasteiger charge is 2.38. The zero-order valence-electron chi connectivity index (χ0n) is 16.8. The van der Waals surface area contributed by atoms with Gasteiger partial charge >= 0.3 is 12.2 Å². The topological polar surface area (TPSA) is 108 Å². The maximum absolute atomic E-state index is 13.2. The number of H-pyrrole nitrogens is 1. The Kier molecular flexibility index (Phi) is 5.72. The van der Waals surface area contributed by atoms with Crippen LogP contribution in [0.2, 0.25) is 0 Å². The van der Waals surface area contributed by atoms with E-state index in [0.29, 0.717) is 16.9 Å². The van der Waals surface area contributed by atoms with E-state index in [0.717, 1.165) is 11.4 Å². The summed E-state index contributed by atoms with van der Waals surface area (Å²) in [4.78, 5) is 16.4. The maximum atomic E-state index is 13.2. The van der Waals surface area contributed by atoms with Gasteiger partial charge in [0.2, 0.25) is 0 Å². The molecule has 0 aliphatic carbocycles. The Morgan fingerprint density at radius 1 is 1.07 bits per heavy atom. The van der Waals surface area contributed by atoms with Crippen LogP contribution >= 0.6 is 0 Å². The van der Waals surface area contributed by atoms with Gasteiger partial charge in [-0.1, -0.05) is 0 Å². The standard InChI is InChI=1S/C19H20F3N7O/c1-9-5-14(8-23-18(30)25-13-6-10(2)24-11(3)7-13)27-28-16(9)15-12(4)26-29-17(15)19(20,21)22/h5-7H,8H2,1-4H3,(H,26,29)(H2,23,24,25,30). The number of hydrogen-bond donors (Lipinski definition) is 3. The predicted molar refractivity (Wildman–Crippen MR) is 104 cm³/mol. The molecule has 3 aromatic heterocycles. The fourth-order valence-electron chi connectivity index (χ4n) is 3.05. The van der Waals surface area contributed by atoms with Gasteiger partial charge in [-0.15, -0.1) is 5.10 Å². The Bertz CT molecular complexity index is 1070. The molecule has 0 aliphatic rings. The smallest absolute Gasteiger partial charge is 0.332 e. The fraction of sp³-hybridized carbons (Fsp3) is 0.316. The normalized spacial score (nSPS) is 11.4. The van der Waals surface area contributed by atoms with Crippen molar-refractivity contribution in [3.63, 3.8) is 0 Å². The van der Waals surface area contributed by atoms with Crippen LogP contribution in [0.1, 0.15) is 34.0 Å². The van der Waals surface area contributed by atoms with E-state index >= 15 is 0 Å². The summed E-state index contributed by atoms with van der Waals surface area (Å²) in [6.45, 7) is 6.81. The summed E-state index contributed by atoms with van der Waals surface area (Å²) in [5, 5.41) is 18.9. The number of carbonyl (C=O) groups is 1. The molecule has 158 valence electrons. The van der Waals surface area contributed by atoms with Crippen LogP contribution < -0.4 is 10.6 Å². The molecule has 0 saturated carbocycles. The second-order valence-electron chi connectivity index (χ2n) is 6.88. The Morgan fingerprint density at radius 3 is 2.33 bits per heavy atom. The van der Waals surface area contributed by atoms with Crippen molar-refractivity contribution in [2.75, 3.05) is 5.32 Å². The number of nitrogens with one attached hydrogen (secondary N) is 3. The first-order chi connectivity index (χ1) is 14.0. The summed E-state index contributed by atoms with van der Waals surface area (Å²) in [7, 11) is 0. The third-order valence-corrected chi connectivity index (χ3v) is 4.26. The van der Waals surface area contributed by atoms with Gasteiger partial charge in [0, 0.05) is 22.8 Å². The first kappa shape index (κ1) is 21.2. The van der Waals surface area contributed by atoms with Crippen LogP contribution in [0.15, 0.2) is 18.2 Å². The van der Waals surface area contributed by atoms with Crippen molar-refractivity contribution in [3.05, 3.63) is 52.2 Å². The molecule has 0 saturated heterocycles. The molecule has 0 spiro atoms. The lowest BCUT2D eigenvalue weighted by Gasteiger charge is -2.11. The minimum Gasteiger partial charge on any atom is -0.332 e. The fourth-order valence-corrected chi connectivity index (χ4v) is 3.05. The molecule has 0 fully saturated rings. The van der Waals surface area contributed by atoms with Crippen LogP contribution in [0.3, 0.4) is 0 Å². The Labute approximate surface area is 170 Å². The monoisotopic (exact) mass is 419 g/mol. The van der Waals surface area contributed by atoms with Gasteiger partial charge in [-0.05, 0) is 51.5 Å². The second-order valence-corrected chi connectivity index (χ2v) is 6.88. The van der Waals surface area contributed by atoms with Crippen molar-refractivity contribution in [2.45, 2.75) is 40.4 Å². The largest absolute Gasteiger partial charge is 0.435 e. The van der Waals surface area contributed by atoms with Crippen molar-refractivity contribution in [3.8, 4) is 11.3 Å². The average Bonchev–Trinajstić information content (AvgIpc) is 3.01. The molecular formula is C19H20F3N7O. The van der Waals surface area contributed by atoms with Gasteiger partial charge in [-0.2, -0.15) is 23.4 Å². The van der Waals surface area contributed by atoms with Crippen molar-refractivity contribution in [1.29, 1.82) is 0 Å². The summed E-state index contributed by atoms with van der Waals surface area (Å²) in [5.74, 6) is 0. The number of rotatable bonds is 4. The lowest BCUT2D eigenvalue weighted by Crippen LogP contribution is -2.28. The van der Waals surface area contributed by atoms with Crippen LogP contribution in [-0.2, 0) is 12.7 Å². The highest BCUT2D eigenvalue weighted by molar-refractivity contribution is 5.89. The number of amides is 2. The van der Waals surface area contributed by atoms with E-state index in [9.17, 15) is 18.0 Å². The van der Waals surface area contributed by atoms with Crippen LogP contribution in [0.4, 0.5) is 23.7 Å². The molecule has 8 nitrogen and oxygen atoms in total. The molecule has 0 radical (unpaired) electrons. The molecule has 0 bridgehead atoms. The molecule has 11 heteroatoms. The van der Waals surface area contributed by atoms with Crippen LogP contribution in [0.5, 0.6) is 0 Å². The molecule has 0 aromatic carbocycles. The van der Waals surface area contributed by atoms with E-state index in [1.165, 1.54) is 6.92 Å². The van der Waals surface area contributed by atoms with Gasteiger partial charge in [-0.25, -0.2) is 4.79 Å². The minimum atomic E-state index is -4.61. The van der Waals surface area contributed by atoms with Crippen LogP contribution in [0.25, 0.3) is 11.3 Å². The highest BCUT2D eigenvalue weighted by Crippen LogP contribution is 2.37. The number of anilines is 1. The third kappa shape index (κ3) is 4.73. The molecule has 3 rings (SSSR count). The van der Waals surface area contributed by atoms with E-state index in [1.807, 2.05) is 13.8 Å². The van der Waals surface area contributed by atoms with Gasteiger partial charge < -0.3 is 10.6 Å². The van der Waals surface area contributed by atoms with Crippen LogP contribution in [-0.4, -0.2) is 31.4 Å². The number of pyridine rings is 1. The van der Waals surface area contributed by atoms with E-state index < -0.39 is 17.9 Å². The van der Waals surface area contributed by atoms with Crippen molar-refractivity contribution in [2.24, 2.45) is 0 Å². The van der Waals surface area contributed by atoms with E-state index in [-0.39, 0.29) is 23.5 Å². The van der Waals surface area contributed by atoms with Crippen molar-refractivity contribution in [1.82, 2.24) is 30.7 Å². The molecule has 0 aliphatic heterocycles. The zero-order valence-corrected chi connectivity index (χ0v) is 16.8. The first-order valence-corrected chi connectivity index (χ1v) is 9.00. The second kappa shape index (κ2) is 8.09. The average molecular weight is 419 g/mol. The van der Waals surface area contributed by atoms with Gasteiger partial charge in [0.05, 0.1) is 23.5 Å². The van der Waals surface area contributed by atoms with Gasteiger partial charge in [0.15, 0.2) is 5.69 Å². The molecule has 0 unspecified atom stereocenters. The lowest BCUT2D eigenvalue weighted by atomic mass is 10.0. The molecule has 3 aromatic rings. The number of aryl methyl sites for hydroxylation is 4. The van der Waals surface area contributed by atoms with E-state index in [2.05, 4.69) is 36.0 Å². The summed E-state index contributed by atoms with van der Waals surface area (Å²) >= 11 is 0. The molecule has 0 atom stereocenters. The van der Waals surface area contributed by atoms with Gasteiger partial charge in [0.25, 0.3) is 0 Å². The number of hydrogen-bond acceptors (Lipinski definition) is 5.